The molecule has 0 heterocycles. The van der Waals surface area contributed by atoms with Crippen LogP contribution in [0.2, 0.25) is 0 Å². The third-order valence-electron chi connectivity index (χ3n) is 2.53. The lowest BCUT2D eigenvalue weighted by molar-refractivity contribution is 0.632. The number of aryl methyl sites for hydroxylation is 1. The summed E-state index contributed by atoms with van der Waals surface area (Å²) in [6.07, 6.45) is 0. The predicted molar refractivity (Wildman–Crippen MR) is 64.8 cm³/mol. The molecule has 2 rings (SSSR count). The summed E-state index contributed by atoms with van der Waals surface area (Å²) in [6, 6.07) is 13.1. The minimum Gasteiger partial charge on any atom is -0.206 e. The lowest BCUT2D eigenvalue weighted by Crippen LogP contribution is -2.08. The highest BCUT2D eigenvalue weighted by Crippen LogP contribution is 2.21. The molecule has 2 heteroatoms. The van der Waals surface area contributed by atoms with Crippen LogP contribution in [-0.2, 0) is 0 Å². The van der Waals surface area contributed by atoms with Crippen LogP contribution in [0.25, 0.3) is 11.1 Å². The first kappa shape index (κ1) is 9.97. The van der Waals surface area contributed by atoms with E-state index in [1.165, 1.54) is 6.07 Å². The summed E-state index contributed by atoms with van der Waals surface area (Å²) in [5, 5.41) is 0. The summed E-state index contributed by atoms with van der Waals surface area (Å²) in [6.45, 7) is 2.01. The SMILES string of the molecule is Bc1cccc(F)c1-c1cccc(C)c1. The fraction of sp³-hybridized carbons (Fsp3) is 0.0769. The minimum atomic E-state index is -0.152. The van der Waals surface area contributed by atoms with Crippen molar-refractivity contribution >= 4 is 13.3 Å². The third kappa shape index (κ3) is 1.94. The molecular weight excluding hydrogens is 186 g/mol. The minimum absolute atomic E-state index is 0.152. The number of hydrogen-bond acceptors (Lipinski definition) is 0. The molecule has 0 aliphatic rings. The van der Waals surface area contributed by atoms with E-state index in [1.807, 2.05) is 45.1 Å². The lowest BCUT2D eigenvalue weighted by Gasteiger charge is -2.08. The zero-order valence-electron chi connectivity index (χ0n) is 8.92. The molecule has 0 radical (unpaired) electrons. The average Bonchev–Trinajstić information content (AvgIpc) is 2.17. The van der Waals surface area contributed by atoms with E-state index in [1.54, 1.807) is 6.07 Å². The van der Waals surface area contributed by atoms with Crippen LogP contribution in [0, 0.1) is 12.7 Å². The molecule has 15 heavy (non-hydrogen) atoms. The molecule has 0 amide bonds. The molecule has 0 aliphatic carbocycles. The van der Waals surface area contributed by atoms with E-state index in [-0.39, 0.29) is 5.82 Å². The van der Waals surface area contributed by atoms with E-state index in [0.29, 0.717) is 5.56 Å². The van der Waals surface area contributed by atoms with E-state index in [9.17, 15) is 4.39 Å². The summed E-state index contributed by atoms with van der Waals surface area (Å²) in [7, 11) is 1.93. The van der Waals surface area contributed by atoms with E-state index < -0.39 is 0 Å². The van der Waals surface area contributed by atoms with Crippen LogP contribution in [0.3, 0.4) is 0 Å². The van der Waals surface area contributed by atoms with Crippen molar-refractivity contribution in [3.63, 3.8) is 0 Å². The molecule has 2 aromatic carbocycles. The molecule has 0 spiro atoms. The van der Waals surface area contributed by atoms with E-state index >= 15 is 0 Å². The van der Waals surface area contributed by atoms with Gasteiger partial charge in [-0.05, 0) is 18.6 Å². The third-order valence-corrected chi connectivity index (χ3v) is 2.53. The Morgan fingerprint density at radius 3 is 2.47 bits per heavy atom. The normalized spacial score (nSPS) is 10.3. The van der Waals surface area contributed by atoms with Crippen LogP contribution in [0.15, 0.2) is 42.5 Å². The van der Waals surface area contributed by atoms with Crippen molar-refractivity contribution < 1.29 is 4.39 Å². The Hall–Kier alpha value is -1.57. The molecular formula is C13H12BF. The molecule has 0 aromatic heterocycles. The van der Waals surface area contributed by atoms with Gasteiger partial charge in [-0.25, -0.2) is 4.39 Å². The summed E-state index contributed by atoms with van der Waals surface area (Å²) < 4.78 is 13.7. The van der Waals surface area contributed by atoms with Gasteiger partial charge in [-0.2, -0.15) is 0 Å². The van der Waals surface area contributed by atoms with Crippen molar-refractivity contribution in [2.45, 2.75) is 6.92 Å². The number of benzene rings is 2. The van der Waals surface area contributed by atoms with Gasteiger partial charge in [0.15, 0.2) is 0 Å². The van der Waals surface area contributed by atoms with Crippen molar-refractivity contribution in [2.24, 2.45) is 0 Å². The van der Waals surface area contributed by atoms with Crippen LogP contribution in [-0.4, -0.2) is 7.85 Å². The topological polar surface area (TPSA) is 0 Å². The van der Waals surface area contributed by atoms with E-state index in [4.69, 9.17) is 0 Å². The number of rotatable bonds is 1. The van der Waals surface area contributed by atoms with Crippen molar-refractivity contribution in [3.8, 4) is 11.1 Å². The fourth-order valence-electron chi connectivity index (χ4n) is 1.80. The first-order valence-corrected chi connectivity index (χ1v) is 5.00. The summed E-state index contributed by atoms with van der Waals surface area (Å²) in [4.78, 5) is 0. The molecule has 0 atom stereocenters. The molecule has 0 unspecified atom stereocenters. The maximum Gasteiger partial charge on any atom is 0.140 e. The monoisotopic (exact) mass is 198 g/mol. The Bertz CT molecular complexity index is 471. The lowest BCUT2D eigenvalue weighted by atomic mass is 9.86. The average molecular weight is 198 g/mol. The van der Waals surface area contributed by atoms with Crippen LogP contribution in [0.5, 0.6) is 0 Å². The first-order valence-electron chi connectivity index (χ1n) is 5.00. The Balaban J connectivity index is 2.63. The number of halogens is 1. The Morgan fingerprint density at radius 1 is 1.07 bits per heavy atom. The largest absolute Gasteiger partial charge is 0.206 e. The van der Waals surface area contributed by atoms with Gasteiger partial charge in [-0.1, -0.05) is 47.4 Å². The zero-order valence-corrected chi connectivity index (χ0v) is 8.92. The molecule has 0 aliphatic heterocycles. The van der Waals surface area contributed by atoms with Gasteiger partial charge in [0.1, 0.15) is 13.7 Å². The summed E-state index contributed by atoms with van der Waals surface area (Å²) in [5.41, 5.74) is 3.78. The van der Waals surface area contributed by atoms with Gasteiger partial charge in [0.25, 0.3) is 0 Å². The second-order valence-electron chi connectivity index (χ2n) is 3.80. The molecule has 0 fully saturated rings. The van der Waals surface area contributed by atoms with Gasteiger partial charge in [0, 0.05) is 5.56 Å². The van der Waals surface area contributed by atoms with Crippen LogP contribution < -0.4 is 5.46 Å². The van der Waals surface area contributed by atoms with Gasteiger partial charge in [0.2, 0.25) is 0 Å². The summed E-state index contributed by atoms with van der Waals surface area (Å²) >= 11 is 0. The van der Waals surface area contributed by atoms with Gasteiger partial charge < -0.3 is 0 Å². The first-order chi connectivity index (χ1) is 7.18. The molecule has 0 nitrogen and oxygen atoms in total. The van der Waals surface area contributed by atoms with Gasteiger partial charge in [-0.3, -0.25) is 0 Å². The van der Waals surface area contributed by atoms with Crippen LogP contribution >= 0.6 is 0 Å². The van der Waals surface area contributed by atoms with Gasteiger partial charge in [-0.15, -0.1) is 0 Å². The molecule has 74 valence electrons. The van der Waals surface area contributed by atoms with Gasteiger partial charge >= 0.3 is 0 Å². The number of hydrogen-bond donors (Lipinski definition) is 0. The van der Waals surface area contributed by atoms with E-state index in [0.717, 1.165) is 16.6 Å². The van der Waals surface area contributed by atoms with Crippen molar-refractivity contribution in [1.82, 2.24) is 0 Å². The fourth-order valence-corrected chi connectivity index (χ4v) is 1.80. The predicted octanol–water partition coefficient (Wildman–Crippen LogP) is 2.06. The molecule has 0 bridgehead atoms. The summed E-state index contributed by atoms with van der Waals surface area (Å²) in [5.74, 6) is -0.152. The second-order valence-corrected chi connectivity index (χ2v) is 3.80. The molecule has 0 N–H and O–H groups in total. The Labute approximate surface area is 90.2 Å². The second kappa shape index (κ2) is 3.89. The van der Waals surface area contributed by atoms with Crippen molar-refractivity contribution in [2.75, 3.05) is 0 Å². The standard InChI is InChI=1S/C13H12BF/c1-9-4-2-5-10(8-9)13-11(14)6-3-7-12(13)15/h2-8H,14H2,1H3. The van der Waals surface area contributed by atoms with Crippen LogP contribution in [0.4, 0.5) is 4.39 Å². The smallest absolute Gasteiger partial charge is 0.140 e. The van der Waals surface area contributed by atoms with Crippen molar-refractivity contribution in [3.05, 3.63) is 53.8 Å². The van der Waals surface area contributed by atoms with Crippen molar-refractivity contribution in [1.29, 1.82) is 0 Å². The molecule has 2 aromatic rings. The highest BCUT2D eigenvalue weighted by atomic mass is 19.1. The Morgan fingerprint density at radius 2 is 1.80 bits per heavy atom. The quantitative estimate of drug-likeness (QED) is 0.615. The van der Waals surface area contributed by atoms with E-state index in [2.05, 4.69) is 0 Å². The highest BCUT2D eigenvalue weighted by molar-refractivity contribution is 6.35. The molecule has 0 saturated carbocycles. The van der Waals surface area contributed by atoms with Gasteiger partial charge in [0.05, 0.1) is 0 Å². The highest BCUT2D eigenvalue weighted by Gasteiger charge is 2.06. The Kier molecular flexibility index (Phi) is 2.59. The maximum absolute atomic E-state index is 13.7. The van der Waals surface area contributed by atoms with Crippen LogP contribution in [0.1, 0.15) is 5.56 Å². The zero-order chi connectivity index (χ0) is 10.8. The molecule has 0 saturated heterocycles. The maximum atomic E-state index is 13.7.